The number of methoxy groups -OCH3 is 1. The summed E-state index contributed by atoms with van der Waals surface area (Å²) in [4.78, 5) is 10.8. The highest BCUT2D eigenvalue weighted by molar-refractivity contribution is 5.71. The fraction of sp³-hybridized carbons (Fsp3) is 0.909. The zero-order valence-electron chi connectivity index (χ0n) is 9.64. The van der Waals surface area contributed by atoms with Crippen LogP contribution in [0, 0.1) is 0 Å². The highest BCUT2D eigenvalue weighted by Crippen LogP contribution is 2.04. The molecule has 0 bridgehead atoms. The van der Waals surface area contributed by atoms with E-state index in [-0.39, 0.29) is 5.97 Å². The normalized spacial score (nSPS) is 12.5. The maximum atomic E-state index is 10.8. The van der Waals surface area contributed by atoms with Gasteiger partial charge < -0.3 is 10.1 Å². The Kier molecular flexibility index (Phi) is 8.64. The first-order chi connectivity index (χ1) is 6.70. The summed E-state index contributed by atoms with van der Waals surface area (Å²) in [7, 11) is 1.41. The second kappa shape index (κ2) is 9.00. The molecule has 0 aromatic heterocycles. The molecule has 0 aliphatic carbocycles. The lowest BCUT2D eigenvalue weighted by atomic mass is 10.1. The van der Waals surface area contributed by atoms with Gasteiger partial charge in [0, 0.05) is 6.04 Å². The summed E-state index contributed by atoms with van der Waals surface area (Å²) >= 11 is 0. The Hall–Kier alpha value is -0.570. The molecule has 0 amide bonds. The number of carbonyl (C=O) groups is 1. The van der Waals surface area contributed by atoms with Crippen LogP contribution < -0.4 is 5.32 Å². The molecule has 0 saturated carbocycles. The zero-order chi connectivity index (χ0) is 10.8. The number of rotatable bonds is 8. The molecule has 1 N–H and O–H groups in total. The molecule has 0 saturated heterocycles. The minimum absolute atomic E-state index is 0.189. The van der Waals surface area contributed by atoms with Crippen LogP contribution in [-0.4, -0.2) is 25.7 Å². The fourth-order valence-electron chi connectivity index (χ4n) is 1.31. The van der Waals surface area contributed by atoms with Gasteiger partial charge in [-0.2, -0.15) is 0 Å². The van der Waals surface area contributed by atoms with Gasteiger partial charge in [0.15, 0.2) is 0 Å². The van der Waals surface area contributed by atoms with Gasteiger partial charge >= 0.3 is 5.97 Å². The lowest BCUT2D eigenvalue weighted by Gasteiger charge is -2.12. The molecule has 3 nitrogen and oxygen atoms in total. The number of hydrogen-bond acceptors (Lipinski definition) is 3. The van der Waals surface area contributed by atoms with Gasteiger partial charge in [0.1, 0.15) is 0 Å². The summed E-state index contributed by atoms with van der Waals surface area (Å²) in [5.41, 5.74) is 0. The monoisotopic (exact) mass is 201 g/mol. The molecule has 0 rings (SSSR count). The third kappa shape index (κ3) is 8.05. The minimum Gasteiger partial charge on any atom is -0.468 e. The average Bonchev–Trinajstić information content (AvgIpc) is 2.21. The topological polar surface area (TPSA) is 38.3 Å². The molecule has 0 aromatic rings. The summed E-state index contributed by atoms with van der Waals surface area (Å²) < 4.78 is 4.54. The SMILES string of the molecule is CCCCCCC(C)NCC(=O)OC. The molecule has 84 valence electrons. The summed E-state index contributed by atoms with van der Waals surface area (Å²) in [6, 6.07) is 0.408. The first-order valence-corrected chi connectivity index (χ1v) is 5.50. The van der Waals surface area contributed by atoms with E-state index in [1.165, 1.54) is 32.8 Å². The maximum Gasteiger partial charge on any atom is 0.319 e. The van der Waals surface area contributed by atoms with Gasteiger partial charge in [-0.25, -0.2) is 0 Å². The average molecular weight is 201 g/mol. The quantitative estimate of drug-likeness (QED) is 0.483. The Balaban J connectivity index is 3.27. The van der Waals surface area contributed by atoms with E-state index < -0.39 is 0 Å². The van der Waals surface area contributed by atoms with E-state index >= 15 is 0 Å². The van der Waals surface area contributed by atoms with Crippen molar-refractivity contribution in [3.8, 4) is 0 Å². The number of esters is 1. The number of ether oxygens (including phenoxy) is 1. The van der Waals surface area contributed by atoms with E-state index in [0.29, 0.717) is 12.6 Å². The molecule has 1 unspecified atom stereocenters. The molecule has 0 aliphatic heterocycles. The second-order valence-corrected chi connectivity index (χ2v) is 3.71. The van der Waals surface area contributed by atoms with Gasteiger partial charge in [0.25, 0.3) is 0 Å². The van der Waals surface area contributed by atoms with Crippen molar-refractivity contribution < 1.29 is 9.53 Å². The predicted octanol–water partition coefficient (Wildman–Crippen LogP) is 2.11. The van der Waals surface area contributed by atoms with Crippen LogP contribution in [0.4, 0.5) is 0 Å². The molecular weight excluding hydrogens is 178 g/mol. The Morgan fingerprint density at radius 2 is 2.07 bits per heavy atom. The fourth-order valence-corrected chi connectivity index (χ4v) is 1.31. The van der Waals surface area contributed by atoms with Crippen LogP contribution in [0.5, 0.6) is 0 Å². The molecule has 0 heterocycles. The lowest BCUT2D eigenvalue weighted by Crippen LogP contribution is -2.31. The van der Waals surface area contributed by atoms with Crippen molar-refractivity contribution in [2.24, 2.45) is 0 Å². The Morgan fingerprint density at radius 3 is 2.64 bits per heavy atom. The van der Waals surface area contributed by atoms with Crippen LogP contribution in [0.25, 0.3) is 0 Å². The zero-order valence-corrected chi connectivity index (χ0v) is 9.64. The molecule has 0 aliphatic rings. The van der Waals surface area contributed by atoms with Gasteiger partial charge in [-0.05, 0) is 13.3 Å². The van der Waals surface area contributed by atoms with E-state index in [4.69, 9.17) is 0 Å². The molecule has 1 atom stereocenters. The van der Waals surface area contributed by atoms with Gasteiger partial charge in [-0.15, -0.1) is 0 Å². The summed E-state index contributed by atoms with van der Waals surface area (Å²) in [5, 5.41) is 3.14. The van der Waals surface area contributed by atoms with Crippen molar-refractivity contribution in [2.45, 2.75) is 52.0 Å². The van der Waals surface area contributed by atoms with Crippen molar-refractivity contribution >= 4 is 5.97 Å². The van der Waals surface area contributed by atoms with Crippen molar-refractivity contribution in [3.05, 3.63) is 0 Å². The molecular formula is C11H23NO2. The van der Waals surface area contributed by atoms with Crippen LogP contribution in [-0.2, 0) is 9.53 Å². The van der Waals surface area contributed by atoms with E-state index in [0.717, 1.165) is 6.42 Å². The predicted molar refractivity (Wildman–Crippen MR) is 58.2 cm³/mol. The lowest BCUT2D eigenvalue weighted by molar-refractivity contribution is -0.139. The Bertz CT molecular complexity index is 148. The van der Waals surface area contributed by atoms with Crippen LogP contribution in [0.3, 0.4) is 0 Å². The summed E-state index contributed by atoms with van der Waals surface area (Å²) in [5.74, 6) is -0.189. The minimum atomic E-state index is -0.189. The third-order valence-corrected chi connectivity index (χ3v) is 2.31. The maximum absolute atomic E-state index is 10.8. The van der Waals surface area contributed by atoms with Crippen molar-refractivity contribution in [3.63, 3.8) is 0 Å². The Labute approximate surface area is 87.2 Å². The highest BCUT2D eigenvalue weighted by atomic mass is 16.5. The van der Waals surface area contributed by atoms with E-state index in [2.05, 4.69) is 23.9 Å². The van der Waals surface area contributed by atoms with E-state index in [1.807, 2.05) is 0 Å². The van der Waals surface area contributed by atoms with Crippen molar-refractivity contribution in [1.82, 2.24) is 5.32 Å². The third-order valence-electron chi connectivity index (χ3n) is 2.31. The van der Waals surface area contributed by atoms with Gasteiger partial charge in [0.2, 0.25) is 0 Å². The van der Waals surface area contributed by atoms with E-state index in [9.17, 15) is 4.79 Å². The summed E-state index contributed by atoms with van der Waals surface area (Å²) in [6.45, 7) is 4.64. The number of nitrogens with one attached hydrogen (secondary N) is 1. The first-order valence-electron chi connectivity index (χ1n) is 5.50. The largest absolute Gasteiger partial charge is 0.468 e. The van der Waals surface area contributed by atoms with Crippen LogP contribution in [0.2, 0.25) is 0 Å². The smallest absolute Gasteiger partial charge is 0.319 e. The van der Waals surface area contributed by atoms with Crippen molar-refractivity contribution in [2.75, 3.05) is 13.7 Å². The molecule has 0 fully saturated rings. The number of unbranched alkanes of at least 4 members (excludes halogenated alkanes) is 3. The van der Waals surface area contributed by atoms with Gasteiger partial charge in [0.05, 0.1) is 13.7 Å². The summed E-state index contributed by atoms with van der Waals surface area (Å²) in [6.07, 6.45) is 6.24. The first kappa shape index (κ1) is 13.4. The van der Waals surface area contributed by atoms with Gasteiger partial charge in [-0.3, -0.25) is 4.79 Å². The molecule has 0 radical (unpaired) electrons. The van der Waals surface area contributed by atoms with E-state index in [1.54, 1.807) is 0 Å². The molecule has 3 heteroatoms. The standard InChI is InChI=1S/C11H23NO2/c1-4-5-6-7-8-10(2)12-9-11(13)14-3/h10,12H,4-9H2,1-3H3. The second-order valence-electron chi connectivity index (χ2n) is 3.71. The highest BCUT2D eigenvalue weighted by Gasteiger charge is 2.04. The van der Waals surface area contributed by atoms with Crippen LogP contribution in [0.15, 0.2) is 0 Å². The number of hydrogen-bond donors (Lipinski definition) is 1. The van der Waals surface area contributed by atoms with Crippen LogP contribution in [0.1, 0.15) is 46.0 Å². The molecule has 0 aromatic carbocycles. The Morgan fingerprint density at radius 1 is 1.36 bits per heavy atom. The van der Waals surface area contributed by atoms with Crippen molar-refractivity contribution in [1.29, 1.82) is 0 Å². The van der Waals surface area contributed by atoms with Gasteiger partial charge in [-0.1, -0.05) is 32.6 Å². The molecule has 14 heavy (non-hydrogen) atoms. The molecule has 0 spiro atoms. The number of carbonyl (C=O) groups excluding carboxylic acids is 1. The van der Waals surface area contributed by atoms with Crippen LogP contribution >= 0.6 is 0 Å².